The Morgan fingerprint density at radius 1 is 1.03 bits per heavy atom. The lowest BCUT2D eigenvalue weighted by Crippen LogP contribution is -2.35. The molecular weight excluding hydrogens is 392 g/mol. The molecule has 1 aliphatic rings. The molecule has 2 aromatic carbocycles. The van der Waals surface area contributed by atoms with Crippen LogP contribution in [0.25, 0.3) is 10.8 Å². The molecule has 3 aromatic rings. The first-order chi connectivity index (χ1) is 15.0. The number of H-pyrrole nitrogens is 1. The second-order valence-electron chi connectivity index (χ2n) is 8.29. The van der Waals surface area contributed by atoms with Crippen LogP contribution in [-0.2, 0) is 17.9 Å². The van der Waals surface area contributed by atoms with E-state index in [4.69, 9.17) is 0 Å². The summed E-state index contributed by atoms with van der Waals surface area (Å²) < 4.78 is 1.07. The van der Waals surface area contributed by atoms with Crippen LogP contribution in [0.2, 0.25) is 0 Å². The molecule has 0 unspecified atom stereocenters. The van der Waals surface area contributed by atoms with E-state index in [0.717, 1.165) is 22.5 Å². The van der Waals surface area contributed by atoms with Crippen molar-refractivity contribution >= 4 is 22.4 Å². The molecule has 1 aliphatic carbocycles. The average molecular weight is 421 g/mol. The van der Waals surface area contributed by atoms with Gasteiger partial charge in [0.1, 0.15) is 6.54 Å². The predicted molar refractivity (Wildman–Crippen MR) is 122 cm³/mol. The summed E-state index contributed by atoms with van der Waals surface area (Å²) in [5, 5.41) is 6.04. The number of fused-ring (bicyclic) bond motifs is 1. The summed E-state index contributed by atoms with van der Waals surface area (Å²) in [4.78, 5) is 40.0. The standard InChI is InChI=1S/C24H28N4O3/c1-27(18-10-3-2-4-11-18)15-17-9-5-8-14-21(17)25-22(29)16-28-24(31)20-13-7-6-12-19(20)23(30)26-28/h5-9,12-14,18H,2-4,10-11,15-16H2,1H3,(H,25,29)(H,26,30). The van der Waals surface area contributed by atoms with E-state index >= 15 is 0 Å². The molecule has 0 bridgehead atoms. The second kappa shape index (κ2) is 9.31. The second-order valence-corrected chi connectivity index (χ2v) is 8.29. The number of para-hydroxylation sites is 1. The summed E-state index contributed by atoms with van der Waals surface area (Å²) >= 11 is 0. The molecule has 1 saturated carbocycles. The molecule has 2 N–H and O–H groups in total. The van der Waals surface area contributed by atoms with Crippen LogP contribution < -0.4 is 16.4 Å². The molecule has 0 aliphatic heterocycles. The summed E-state index contributed by atoms with van der Waals surface area (Å²) in [6.45, 7) is 0.486. The number of hydrogen-bond acceptors (Lipinski definition) is 4. The SMILES string of the molecule is CN(Cc1ccccc1NC(=O)Cn1[nH]c(=O)c2ccccc2c1=O)C1CCCCC1. The molecule has 1 amide bonds. The minimum absolute atomic E-state index is 0.258. The highest BCUT2D eigenvalue weighted by atomic mass is 16.2. The van der Waals surface area contributed by atoms with Gasteiger partial charge < -0.3 is 5.32 Å². The number of rotatable bonds is 6. The van der Waals surface area contributed by atoms with Gasteiger partial charge in [-0.2, -0.15) is 0 Å². The summed E-state index contributed by atoms with van der Waals surface area (Å²) in [6.07, 6.45) is 6.28. The molecule has 1 heterocycles. The van der Waals surface area contributed by atoms with E-state index in [0.29, 0.717) is 16.8 Å². The molecule has 0 atom stereocenters. The molecule has 7 nitrogen and oxygen atoms in total. The first-order valence-electron chi connectivity index (χ1n) is 10.8. The molecule has 0 spiro atoms. The van der Waals surface area contributed by atoms with Crippen LogP contribution in [0.15, 0.2) is 58.1 Å². The van der Waals surface area contributed by atoms with Crippen molar-refractivity contribution in [3.8, 4) is 0 Å². The van der Waals surface area contributed by atoms with Crippen LogP contribution in [0.1, 0.15) is 37.7 Å². The van der Waals surface area contributed by atoms with Crippen LogP contribution in [0, 0.1) is 0 Å². The van der Waals surface area contributed by atoms with Crippen LogP contribution in [0.5, 0.6) is 0 Å². The van der Waals surface area contributed by atoms with Crippen molar-refractivity contribution in [3.63, 3.8) is 0 Å². The maximum atomic E-state index is 12.7. The van der Waals surface area contributed by atoms with Gasteiger partial charge in [-0.1, -0.05) is 49.6 Å². The number of aromatic amines is 1. The highest BCUT2D eigenvalue weighted by Gasteiger charge is 2.19. The summed E-state index contributed by atoms with van der Waals surface area (Å²) in [6, 6.07) is 14.9. The van der Waals surface area contributed by atoms with E-state index in [2.05, 4.69) is 22.4 Å². The lowest BCUT2D eigenvalue weighted by atomic mass is 9.94. The van der Waals surface area contributed by atoms with Gasteiger partial charge in [0, 0.05) is 18.3 Å². The third-order valence-corrected chi connectivity index (χ3v) is 6.09. The lowest BCUT2D eigenvalue weighted by Gasteiger charge is -2.31. The molecule has 7 heteroatoms. The average Bonchev–Trinajstić information content (AvgIpc) is 2.79. The van der Waals surface area contributed by atoms with Gasteiger partial charge in [0.2, 0.25) is 5.91 Å². The fraction of sp³-hybridized carbons (Fsp3) is 0.375. The van der Waals surface area contributed by atoms with E-state index < -0.39 is 11.1 Å². The first kappa shape index (κ1) is 21.1. The topological polar surface area (TPSA) is 87.2 Å². The zero-order chi connectivity index (χ0) is 21.8. The number of aromatic nitrogens is 2. The molecule has 1 aromatic heterocycles. The number of carbonyl (C=O) groups is 1. The summed E-state index contributed by atoms with van der Waals surface area (Å²) in [5.41, 5.74) is 0.975. The minimum Gasteiger partial charge on any atom is -0.324 e. The normalized spacial score (nSPS) is 14.8. The van der Waals surface area contributed by atoms with Crippen molar-refractivity contribution in [3.05, 3.63) is 74.8 Å². The Morgan fingerprint density at radius 2 is 1.71 bits per heavy atom. The third kappa shape index (κ3) is 4.77. The lowest BCUT2D eigenvalue weighted by molar-refractivity contribution is -0.117. The van der Waals surface area contributed by atoms with Crippen molar-refractivity contribution in [2.75, 3.05) is 12.4 Å². The number of nitrogens with one attached hydrogen (secondary N) is 2. The molecule has 0 saturated heterocycles. The van der Waals surface area contributed by atoms with Gasteiger partial charge in [0.25, 0.3) is 11.1 Å². The number of hydrogen-bond donors (Lipinski definition) is 2. The highest BCUT2D eigenvalue weighted by molar-refractivity contribution is 5.91. The van der Waals surface area contributed by atoms with Crippen molar-refractivity contribution in [2.24, 2.45) is 0 Å². The Morgan fingerprint density at radius 3 is 2.48 bits per heavy atom. The smallest absolute Gasteiger partial charge is 0.273 e. The van der Waals surface area contributed by atoms with Gasteiger partial charge in [0.15, 0.2) is 0 Å². The fourth-order valence-electron chi connectivity index (χ4n) is 4.39. The Balaban J connectivity index is 1.49. The minimum atomic E-state index is -0.393. The van der Waals surface area contributed by atoms with Crippen molar-refractivity contribution in [1.82, 2.24) is 14.7 Å². The van der Waals surface area contributed by atoms with Gasteiger partial charge in [-0.15, -0.1) is 0 Å². The van der Waals surface area contributed by atoms with Crippen molar-refractivity contribution in [2.45, 2.75) is 51.2 Å². The number of carbonyl (C=O) groups excluding carboxylic acids is 1. The maximum Gasteiger partial charge on any atom is 0.273 e. The van der Waals surface area contributed by atoms with Crippen LogP contribution in [-0.4, -0.2) is 33.7 Å². The molecule has 0 radical (unpaired) electrons. The molecule has 1 fully saturated rings. The highest BCUT2D eigenvalue weighted by Crippen LogP contribution is 2.24. The first-order valence-corrected chi connectivity index (χ1v) is 10.8. The Kier molecular flexibility index (Phi) is 6.32. The van der Waals surface area contributed by atoms with Gasteiger partial charge >= 0.3 is 0 Å². The Bertz CT molecular complexity index is 1190. The van der Waals surface area contributed by atoms with E-state index in [1.165, 1.54) is 32.1 Å². The monoisotopic (exact) mass is 420 g/mol. The van der Waals surface area contributed by atoms with Gasteiger partial charge in [-0.3, -0.25) is 24.4 Å². The molecule has 4 rings (SSSR count). The van der Waals surface area contributed by atoms with E-state index in [-0.39, 0.29) is 12.5 Å². The van der Waals surface area contributed by atoms with Crippen LogP contribution in [0.4, 0.5) is 5.69 Å². The van der Waals surface area contributed by atoms with Gasteiger partial charge in [-0.25, -0.2) is 4.68 Å². The number of benzene rings is 2. The molecule has 162 valence electrons. The zero-order valence-electron chi connectivity index (χ0n) is 17.8. The quantitative estimate of drug-likeness (QED) is 0.642. The predicted octanol–water partition coefficient (Wildman–Crippen LogP) is 3.09. The summed E-state index contributed by atoms with van der Waals surface area (Å²) in [7, 11) is 2.13. The number of amides is 1. The maximum absolute atomic E-state index is 12.7. The zero-order valence-corrected chi connectivity index (χ0v) is 17.8. The summed E-state index contributed by atoms with van der Waals surface area (Å²) in [5.74, 6) is -0.360. The van der Waals surface area contributed by atoms with Crippen molar-refractivity contribution in [1.29, 1.82) is 0 Å². The number of nitrogens with zero attached hydrogens (tertiary/aromatic N) is 2. The van der Waals surface area contributed by atoms with Crippen molar-refractivity contribution < 1.29 is 4.79 Å². The van der Waals surface area contributed by atoms with E-state index in [1.807, 2.05) is 24.3 Å². The fourth-order valence-corrected chi connectivity index (χ4v) is 4.39. The Labute approximate surface area is 180 Å². The van der Waals surface area contributed by atoms with E-state index in [9.17, 15) is 14.4 Å². The van der Waals surface area contributed by atoms with Gasteiger partial charge in [0.05, 0.1) is 10.8 Å². The molecule has 31 heavy (non-hydrogen) atoms. The largest absolute Gasteiger partial charge is 0.324 e. The Hall–Kier alpha value is -3.19. The van der Waals surface area contributed by atoms with E-state index in [1.54, 1.807) is 24.3 Å². The van der Waals surface area contributed by atoms with Crippen LogP contribution in [0.3, 0.4) is 0 Å². The van der Waals surface area contributed by atoms with Gasteiger partial charge in [-0.05, 0) is 43.7 Å². The number of anilines is 1. The van der Waals surface area contributed by atoms with Crippen LogP contribution >= 0.6 is 0 Å². The third-order valence-electron chi connectivity index (χ3n) is 6.09. The molecular formula is C24H28N4O3.